The monoisotopic (exact) mass is 269 g/mol. The fraction of sp³-hybridized carbons (Fsp3) is 0.615. The van der Waals surface area contributed by atoms with Crippen molar-refractivity contribution in [3.05, 3.63) is 21.4 Å². The van der Waals surface area contributed by atoms with Crippen molar-refractivity contribution < 1.29 is 14.6 Å². The van der Waals surface area contributed by atoms with Crippen molar-refractivity contribution in [1.82, 2.24) is 5.32 Å². The Hall–Kier alpha value is -0.910. The van der Waals surface area contributed by atoms with Crippen LogP contribution in [0.1, 0.15) is 33.5 Å². The first-order valence-electron chi connectivity index (χ1n) is 6.21. The fourth-order valence-electron chi connectivity index (χ4n) is 2.19. The predicted molar refractivity (Wildman–Crippen MR) is 71.2 cm³/mol. The SMILES string of the molecule is Cc1sc(C(=O)O)cc1CNC(C)C1CCOC1. The quantitative estimate of drug-likeness (QED) is 0.861. The number of rotatable bonds is 5. The van der Waals surface area contributed by atoms with Gasteiger partial charge in [0.25, 0.3) is 0 Å². The Balaban J connectivity index is 1.91. The molecule has 1 fully saturated rings. The lowest BCUT2D eigenvalue weighted by Crippen LogP contribution is -2.33. The smallest absolute Gasteiger partial charge is 0.345 e. The summed E-state index contributed by atoms with van der Waals surface area (Å²) in [6.07, 6.45) is 1.11. The Morgan fingerprint density at radius 2 is 2.50 bits per heavy atom. The van der Waals surface area contributed by atoms with E-state index in [2.05, 4.69) is 12.2 Å². The highest BCUT2D eigenvalue weighted by atomic mass is 32.1. The molecule has 0 aliphatic carbocycles. The molecule has 5 heteroatoms. The molecule has 4 nitrogen and oxygen atoms in total. The fourth-order valence-corrected chi connectivity index (χ4v) is 3.07. The van der Waals surface area contributed by atoms with Crippen molar-refractivity contribution in [2.75, 3.05) is 13.2 Å². The summed E-state index contributed by atoms with van der Waals surface area (Å²) in [6.45, 7) is 6.55. The maximum atomic E-state index is 10.9. The number of hydrogen-bond acceptors (Lipinski definition) is 4. The van der Waals surface area contributed by atoms with Crippen molar-refractivity contribution in [2.45, 2.75) is 32.9 Å². The van der Waals surface area contributed by atoms with Crippen LogP contribution >= 0.6 is 11.3 Å². The number of thiophene rings is 1. The molecule has 18 heavy (non-hydrogen) atoms. The van der Waals surface area contributed by atoms with Crippen molar-refractivity contribution >= 4 is 17.3 Å². The van der Waals surface area contributed by atoms with E-state index in [1.54, 1.807) is 6.07 Å². The summed E-state index contributed by atoms with van der Waals surface area (Å²) in [5.41, 5.74) is 1.09. The molecule has 0 radical (unpaired) electrons. The average Bonchev–Trinajstić information content (AvgIpc) is 2.95. The van der Waals surface area contributed by atoms with Gasteiger partial charge in [0.1, 0.15) is 4.88 Å². The Morgan fingerprint density at radius 3 is 3.06 bits per heavy atom. The molecule has 1 aliphatic heterocycles. The Kier molecular flexibility index (Phi) is 4.37. The molecule has 2 heterocycles. The molecule has 0 aromatic carbocycles. The number of nitrogens with one attached hydrogen (secondary N) is 1. The van der Waals surface area contributed by atoms with Crippen LogP contribution in [-0.2, 0) is 11.3 Å². The van der Waals surface area contributed by atoms with Crippen molar-refractivity contribution in [3.63, 3.8) is 0 Å². The third-order valence-electron chi connectivity index (χ3n) is 3.52. The molecule has 0 spiro atoms. The molecular weight excluding hydrogens is 250 g/mol. The van der Waals surface area contributed by atoms with Gasteiger partial charge in [-0.25, -0.2) is 4.79 Å². The van der Waals surface area contributed by atoms with Gasteiger partial charge < -0.3 is 15.2 Å². The molecule has 1 saturated heterocycles. The van der Waals surface area contributed by atoms with E-state index >= 15 is 0 Å². The van der Waals surface area contributed by atoms with Crippen LogP contribution in [0.2, 0.25) is 0 Å². The van der Waals surface area contributed by atoms with E-state index in [4.69, 9.17) is 9.84 Å². The van der Waals surface area contributed by atoms with Crippen LogP contribution in [0, 0.1) is 12.8 Å². The van der Waals surface area contributed by atoms with Crippen molar-refractivity contribution in [3.8, 4) is 0 Å². The molecule has 2 atom stereocenters. The van der Waals surface area contributed by atoms with Gasteiger partial charge in [-0.1, -0.05) is 0 Å². The van der Waals surface area contributed by atoms with E-state index < -0.39 is 5.97 Å². The normalized spacial score (nSPS) is 21.1. The van der Waals surface area contributed by atoms with Gasteiger partial charge in [0, 0.05) is 24.1 Å². The Labute approximate surface area is 111 Å². The van der Waals surface area contributed by atoms with Gasteiger partial charge >= 0.3 is 5.97 Å². The number of carbonyl (C=O) groups is 1. The summed E-state index contributed by atoms with van der Waals surface area (Å²) in [7, 11) is 0. The van der Waals surface area contributed by atoms with Crippen LogP contribution in [0.4, 0.5) is 0 Å². The van der Waals surface area contributed by atoms with Gasteiger partial charge in [0.2, 0.25) is 0 Å². The lowest BCUT2D eigenvalue weighted by Gasteiger charge is -2.19. The van der Waals surface area contributed by atoms with E-state index in [1.165, 1.54) is 11.3 Å². The number of hydrogen-bond donors (Lipinski definition) is 2. The number of carboxylic acid groups (broad SMARTS) is 1. The number of aryl methyl sites for hydroxylation is 1. The first kappa shape index (κ1) is 13.5. The molecule has 0 bridgehead atoms. The van der Waals surface area contributed by atoms with Crippen LogP contribution in [0.3, 0.4) is 0 Å². The topological polar surface area (TPSA) is 58.6 Å². The third-order valence-corrected chi connectivity index (χ3v) is 4.60. The van der Waals surface area contributed by atoms with E-state index in [0.717, 1.165) is 36.6 Å². The molecule has 0 amide bonds. The minimum Gasteiger partial charge on any atom is -0.477 e. The lowest BCUT2D eigenvalue weighted by molar-refractivity contribution is 0.0702. The predicted octanol–water partition coefficient (Wildman–Crippen LogP) is 2.27. The summed E-state index contributed by atoms with van der Waals surface area (Å²) in [5.74, 6) is -0.269. The van der Waals surface area contributed by atoms with Gasteiger partial charge in [-0.15, -0.1) is 11.3 Å². The van der Waals surface area contributed by atoms with Gasteiger partial charge in [0.05, 0.1) is 6.61 Å². The summed E-state index contributed by atoms with van der Waals surface area (Å²) < 4.78 is 5.37. The second kappa shape index (κ2) is 5.82. The first-order chi connectivity index (χ1) is 8.58. The molecule has 100 valence electrons. The molecule has 2 rings (SSSR count). The minimum absolute atomic E-state index is 0.403. The minimum atomic E-state index is -0.841. The maximum Gasteiger partial charge on any atom is 0.345 e. The van der Waals surface area contributed by atoms with Gasteiger partial charge in [0.15, 0.2) is 0 Å². The number of carboxylic acids is 1. The van der Waals surface area contributed by atoms with Crippen LogP contribution in [0.15, 0.2) is 6.07 Å². The van der Waals surface area contributed by atoms with Crippen LogP contribution in [0.5, 0.6) is 0 Å². The molecule has 1 aliphatic rings. The Bertz CT molecular complexity index is 424. The molecule has 1 aromatic heterocycles. The third kappa shape index (κ3) is 3.10. The average molecular weight is 269 g/mol. The molecule has 0 saturated carbocycles. The largest absolute Gasteiger partial charge is 0.477 e. The van der Waals surface area contributed by atoms with E-state index in [9.17, 15) is 4.79 Å². The highest BCUT2D eigenvalue weighted by molar-refractivity contribution is 7.14. The van der Waals surface area contributed by atoms with Crippen LogP contribution < -0.4 is 5.32 Å². The van der Waals surface area contributed by atoms with Crippen LogP contribution in [-0.4, -0.2) is 30.3 Å². The summed E-state index contributed by atoms with van der Waals surface area (Å²) in [5, 5.41) is 12.4. The Morgan fingerprint density at radius 1 is 1.72 bits per heavy atom. The lowest BCUT2D eigenvalue weighted by atomic mass is 10.0. The highest BCUT2D eigenvalue weighted by Gasteiger charge is 2.22. The summed E-state index contributed by atoms with van der Waals surface area (Å²) >= 11 is 1.34. The van der Waals surface area contributed by atoms with Gasteiger partial charge in [-0.05, 0) is 37.8 Å². The zero-order chi connectivity index (χ0) is 13.1. The molecular formula is C13H19NO3S. The summed E-state index contributed by atoms with van der Waals surface area (Å²) in [6, 6.07) is 2.17. The first-order valence-corrected chi connectivity index (χ1v) is 7.03. The van der Waals surface area contributed by atoms with Crippen LogP contribution in [0.25, 0.3) is 0 Å². The van der Waals surface area contributed by atoms with Crippen molar-refractivity contribution in [2.24, 2.45) is 5.92 Å². The van der Waals surface area contributed by atoms with Crippen molar-refractivity contribution in [1.29, 1.82) is 0 Å². The maximum absolute atomic E-state index is 10.9. The zero-order valence-corrected chi connectivity index (χ0v) is 11.5. The second-order valence-corrected chi connectivity index (χ2v) is 6.05. The molecule has 1 aromatic rings. The second-order valence-electron chi connectivity index (χ2n) is 4.79. The standard InChI is InChI=1S/C13H19NO3S/c1-8(10-3-4-17-7-10)14-6-11-5-12(13(15)16)18-9(11)2/h5,8,10,14H,3-4,6-7H2,1-2H3,(H,15,16). The van der Waals surface area contributed by atoms with Gasteiger partial charge in [-0.2, -0.15) is 0 Å². The molecule has 2 N–H and O–H groups in total. The zero-order valence-electron chi connectivity index (χ0n) is 10.7. The van der Waals surface area contributed by atoms with Gasteiger partial charge in [-0.3, -0.25) is 0 Å². The number of aromatic carboxylic acids is 1. The van der Waals surface area contributed by atoms with E-state index in [-0.39, 0.29) is 0 Å². The van der Waals surface area contributed by atoms with E-state index in [0.29, 0.717) is 16.8 Å². The van der Waals surface area contributed by atoms with E-state index in [1.807, 2.05) is 6.92 Å². The highest BCUT2D eigenvalue weighted by Crippen LogP contribution is 2.22. The molecule has 2 unspecified atom stereocenters. The summed E-state index contributed by atoms with van der Waals surface area (Å²) in [4.78, 5) is 12.4. The number of ether oxygens (including phenoxy) is 1.